The fraction of sp³-hybridized carbons (Fsp3) is 0.769. The number of carbonyl (C=O) groups excluding carboxylic acids is 1. The van der Waals surface area contributed by atoms with Gasteiger partial charge < -0.3 is 18.7 Å². The van der Waals surface area contributed by atoms with Gasteiger partial charge in [-0.1, -0.05) is 18.3 Å². The fourth-order valence-corrected chi connectivity index (χ4v) is 5.19. The van der Waals surface area contributed by atoms with Crippen molar-refractivity contribution in [3.05, 3.63) is 11.6 Å². The summed E-state index contributed by atoms with van der Waals surface area (Å²) in [5.41, 5.74) is 0. The molecule has 0 aromatic rings. The van der Waals surface area contributed by atoms with Crippen LogP contribution in [-0.4, -0.2) is 49.3 Å². The lowest BCUT2D eigenvalue weighted by Crippen LogP contribution is -2.26. The number of ether oxygens (including phenoxy) is 1. The normalized spacial score (nSPS) is 12.8. The number of methoxy groups -OCH3 is 1. The van der Waals surface area contributed by atoms with Crippen LogP contribution in [0.3, 0.4) is 0 Å². The van der Waals surface area contributed by atoms with Gasteiger partial charge in [0.25, 0.3) is 0 Å². The first kappa shape index (κ1) is 20.5. The average Bonchev–Trinajstić information content (AvgIpc) is 2.45. The lowest BCUT2D eigenvalue weighted by Gasteiger charge is -2.28. The molecule has 21 heavy (non-hydrogen) atoms. The lowest BCUT2D eigenvalue weighted by molar-refractivity contribution is -0.138. The van der Waals surface area contributed by atoms with E-state index in [1.54, 1.807) is 13.8 Å². The zero-order valence-electron chi connectivity index (χ0n) is 13.5. The highest BCUT2D eigenvalue weighted by molar-refractivity contribution is 8.09. The van der Waals surface area contributed by atoms with E-state index in [9.17, 15) is 9.36 Å². The van der Waals surface area contributed by atoms with Crippen molar-refractivity contribution < 1.29 is 23.1 Å². The minimum Gasteiger partial charge on any atom is -0.468 e. The van der Waals surface area contributed by atoms with E-state index in [4.69, 9.17) is 13.8 Å². The van der Waals surface area contributed by atoms with Gasteiger partial charge in [0.1, 0.15) is 0 Å². The van der Waals surface area contributed by atoms with Crippen LogP contribution in [0.1, 0.15) is 27.7 Å². The second kappa shape index (κ2) is 10.3. The third-order valence-corrected chi connectivity index (χ3v) is 6.73. The third kappa shape index (κ3) is 6.02. The molecule has 0 bridgehead atoms. The van der Waals surface area contributed by atoms with Crippen molar-refractivity contribution >= 4 is 25.3 Å². The molecule has 0 spiro atoms. The number of carbonyl (C=O) groups is 1. The minimum absolute atomic E-state index is 0.184. The highest BCUT2D eigenvalue weighted by Gasteiger charge is 2.43. The molecule has 0 aliphatic heterocycles. The molecule has 1 atom stereocenters. The number of thioether (sulfide) groups is 1. The van der Waals surface area contributed by atoms with Crippen molar-refractivity contribution in [3.8, 4) is 0 Å². The molecule has 0 heterocycles. The van der Waals surface area contributed by atoms with E-state index in [0.717, 1.165) is 24.9 Å². The van der Waals surface area contributed by atoms with E-state index < -0.39 is 18.6 Å². The van der Waals surface area contributed by atoms with Crippen LogP contribution in [-0.2, 0) is 23.1 Å². The monoisotopic (exact) mass is 339 g/mol. The Labute approximate surface area is 131 Å². The molecule has 0 fully saturated rings. The van der Waals surface area contributed by atoms with E-state index in [0.29, 0.717) is 5.03 Å². The second-order valence-corrected chi connectivity index (χ2v) is 7.57. The maximum atomic E-state index is 12.8. The molecule has 0 amide bonds. The van der Waals surface area contributed by atoms with Crippen molar-refractivity contribution in [1.82, 2.24) is 4.90 Å². The van der Waals surface area contributed by atoms with Crippen LogP contribution in [0.4, 0.5) is 0 Å². The number of hydrogen-bond donors (Lipinski definition) is 0. The fourth-order valence-electron chi connectivity index (χ4n) is 1.65. The van der Waals surface area contributed by atoms with Crippen LogP contribution >= 0.6 is 19.4 Å². The van der Waals surface area contributed by atoms with Crippen LogP contribution in [0, 0.1) is 0 Å². The Morgan fingerprint density at radius 2 is 1.67 bits per heavy atom. The molecule has 0 N–H and O–H groups in total. The average molecular weight is 339 g/mol. The third-order valence-electron chi connectivity index (χ3n) is 2.67. The summed E-state index contributed by atoms with van der Waals surface area (Å²) < 4.78 is 28.1. The standard InChI is InChI=1S/C13H26NO5PS/c1-7-14(8-2)11(5)21-13(12(15)17-6)20(16,18-9-3)19-10-4/h13H,5,7-10H2,1-4,6H3. The predicted octanol–water partition coefficient (Wildman–Crippen LogP) is 3.30. The summed E-state index contributed by atoms with van der Waals surface area (Å²) in [4.78, 5) is 12.9. The molecule has 0 aromatic heterocycles. The van der Waals surface area contributed by atoms with Crippen LogP contribution in [0.2, 0.25) is 0 Å². The molecule has 0 aromatic carbocycles. The summed E-state index contributed by atoms with van der Waals surface area (Å²) in [6.45, 7) is 13.1. The van der Waals surface area contributed by atoms with E-state index in [1.165, 1.54) is 7.11 Å². The summed E-state index contributed by atoms with van der Waals surface area (Å²) in [5, 5.41) is 0.634. The summed E-state index contributed by atoms with van der Waals surface area (Å²) in [6.07, 6.45) is 0. The van der Waals surface area contributed by atoms with Gasteiger partial charge in [0.2, 0.25) is 4.99 Å². The van der Waals surface area contributed by atoms with E-state index in [1.807, 2.05) is 18.7 Å². The highest BCUT2D eigenvalue weighted by Crippen LogP contribution is 2.58. The second-order valence-electron chi connectivity index (χ2n) is 3.93. The number of nitrogens with zero attached hydrogens (tertiary/aromatic N) is 1. The highest BCUT2D eigenvalue weighted by atomic mass is 32.2. The Kier molecular flexibility index (Phi) is 10.0. The van der Waals surface area contributed by atoms with Gasteiger partial charge in [0.05, 0.1) is 25.4 Å². The first-order valence-corrected chi connectivity index (χ1v) is 9.46. The van der Waals surface area contributed by atoms with Gasteiger partial charge in [0.15, 0.2) is 0 Å². The minimum atomic E-state index is -3.62. The Morgan fingerprint density at radius 1 is 1.19 bits per heavy atom. The molecule has 0 aliphatic carbocycles. The number of rotatable bonds is 11. The van der Waals surface area contributed by atoms with E-state index in [2.05, 4.69) is 6.58 Å². The van der Waals surface area contributed by atoms with Crippen LogP contribution in [0.5, 0.6) is 0 Å². The molecule has 0 aliphatic rings. The molecule has 0 saturated heterocycles. The first-order valence-electron chi connectivity index (χ1n) is 6.97. The quantitative estimate of drug-likeness (QED) is 0.423. The largest absolute Gasteiger partial charge is 0.468 e. The first-order chi connectivity index (χ1) is 9.89. The van der Waals surface area contributed by atoms with Crippen LogP contribution in [0.25, 0.3) is 0 Å². The molecular formula is C13H26NO5PS. The summed E-state index contributed by atoms with van der Waals surface area (Å²) in [7, 11) is -2.37. The molecular weight excluding hydrogens is 313 g/mol. The Morgan fingerprint density at radius 3 is 2.00 bits per heavy atom. The summed E-state index contributed by atoms with van der Waals surface area (Å²) in [5.74, 6) is -0.640. The molecule has 0 radical (unpaired) electrons. The van der Waals surface area contributed by atoms with Crippen LogP contribution < -0.4 is 0 Å². The van der Waals surface area contributed by atoms with Crippen molar-refractivity contribution in [2.45, 2.75) is 32.7 Å². The van der Waals surface area contributed by atoms with Crippen molar-refractivity contribution in [2.75, 3.05) is 33.4 Å². The zero-order valence-corrected chi connectivity index (χ0v) is 15.2. The van der Waals surface area contributed by atoms with Gasteiger partial charge in [-0.15, -0.1) is 0 Å². The van der Waals surface area contributed by atoms with Gasteiger partial charge >= 0.3 is 13.6 Å². The Hall–Kier alpha value is -0.490. The lowest BCUT2D eigenvalue weighted by atomic mass is 10.5. The van der Waals surface area contributed by atoms with Crippen molar-refractivity contribution in [1.29, 1.82) is 0 Å². The number of hydrogen-bond acceptors (Lipinski definition) is 7. The van der Waals surface area contributed by atoms with Crippen molar-refractivity contribution in [3.63, 3.8) is 0 Å². The maximum absolute atomic E-state index is 12.8. The molecule has 0 saturated carbocycles. The molecule has 6 nitrogen and oxygen atoms in total. The van der Waals surface area contributed by atoms with Gasteiger partial charge in [0, 0.05) is 13.1 Å². The topological polar surface area (TPSA) is 65.1 Å². The van der Waals surface area contributed by atoms with Gasteiger partial charge in [-0.3, -0.25) is 9.36 Å². The van der Waals surface area contributed by atoms with Gasteiger partial charge in [-0.2, -0.15) is 0 Å². The molecule has 124 valence electrons. The Balaban J connectivity index is 5.31. The maximum Gasteiger partial charge on any atom is 0.355 e. The summed E-state index contributed by atoms with van der Waals surface area (Å²) >= 11 is 1.07. The zero-order chi connectivity index (χ0) is 16.5. The predicted molar refractivity (Wildman–Crippen MR) is 86.3 cm³/mol. The van der Waals surface area contributed by atoms with E-state index in [-0.39, 0.29) is 13.2 Å². The van der Waals surface area contributed by atoms with E-state index >= 15 is 0 Å². The number of esters is 1. The van der Waals surface area contributed by atoms with Gasteiger partial charge in [-0.25, -0.2) is 0 Å². The Bertz CT molecular complexity index is 377. The molecule has 8 heteroatoms. The summed E-state index contributed by atoms with van der Waals surface area (Å²) in [6, 6.07) is 0. The van der Waals surface area contributed by atoms with Crippen molar-refractivity contribution in [2.24, 2.45) is 0 Å². The molecule has 0 rings (SSSR count). The molecule has 1 unspecified atom stereocenters. The van der Waals surface area contributed by atoms with Crippen LogP contribution in [0.15, 0.2) is 11.6 Å². The smallest absolute Gasteiger partial charge is 0.355 e. The van der Waals surface area contributed by atoms with Gasteiger partial charge in [-0.05, 0) is 27.7 Å². The SMILES string of the molecule is C=C(SC(C(=O)OC)P(=O)(OCC)OCC)N(CC)CC.